The minimum atomic E-state index is -0.00178. The van der Waals surface area contributed by atoms with Crippen molar-refractivity contribution >= 4 is 23.2 Å². The van der Waals surface area contributed by atoms with Crippen LogP contribution in [0, 0.1) is 12.8 Å². The lowest BCUT2D eigenvalue weighted by molar-refractivity contribution is -0.119. The molecule has 0 bridgehead atoms. The summed E-state index contributed by atoms with van der Waals surface area (Å²) >= 11 is 5.99. The summed E-state index contributed by atoms with van der Waals surface area (Å²) in [6, 6.07) is 5.61. The van der Waals surface area contributed by atoms with Crippen LogP contribution in [0.5, 0.6) is 0 Å². The van der Waals surface area contributed by atoms with Gasteiger partial charge in [0.1, 0.15) is 0 Å². The van der Waals surface area contributed by atoms with Gasteiger partial charge in [0.25, 0.3) is 0 Å². The normalized spacial score (nSPS) is 10.4. The summed E-state index contributed by atoms with van der Waals surface area (Å²) in [6.07, 6.45) is 0. The molecule has 0 heterocycles. The molecule has 1 amide bonds. The zero-order valence-corrected chi connectivity index (χ0v) is 11.3. The van der Waals surface area contributed by atoms with Gasteiger partial charge < -0.3 is 10.6 Å². The fourth-order valence-corrected chi connectivity index (χ4v) is 1.53. The van der Waals surface area contributed by atoms with E-state index in [0.717, 1.165) is 11.3 Å². The van der Waals surface area contributed by atoms with Crippen molar-refractivity contribution in [3.05, 3.63) is 28.8 Å². The van der Waals surface area contributed by atoms with Crippen LogP contribution in [0.25, 0.3) is 0 Å². The van der Waals surface area contributed by atoms with Crippen molar-refractivity contribution in [3.8, 4) is 0 Å². The molecule has 1 aromatic rings. The molecule has 3 nitrogen and oxygen atoms in total. The molecule has 1 rings (SSSR count). The predicted octanol–water partition coefficient (Wildman–Crippen LogP) is 2.83. The molecule has 0 aliphatic heterocycles. The van der Waals surface area contributed by atoms with Gasteiger partial charge in [-0.05, 0) is 30.5 Å². The fraction of sp³-hybridized carbons (Fsp3) is 0.462. The Morgan fingerprint density at radius 3 is 2.76 bits per heavy atom. The molecular weight excluding hydrogens is 236 g/mol. The third kappa shape index (κ3) is 4.65. The Balaban J connectivity index is 2.45. The van der Waals surface area contributed by atoms with Gasteiger partial charge in [-0.15, -0.1) is 0 Å². The van der Waals surface area contributed by atoms with Crippen LogP contribution >= 0.6 is 11.6 Å². The van der Waals surface area contributed by atoms with Crippen LogP contribution in [0.1, 0.15) is 19.4 Å². The highest BCUT2D eigenvalue weighted by atomic mass is 35.5. The first-order valence-electron chi connectivity index (χ1n) is 5.76. The first-order valence-corrected chi connectivity index (χ1v) is 6.14. The molecule has 0 saturated carbocycles. The Hall–Kier alpha value is -1.22. The minimum absolute atomic E-state index is 0.00178. The van der Waals surface area contributed by atoms with Crippen molar-refractivity contribution in [1.82, 2.24) is 5.32 Å². The van der Waals surface area contributed by atoms with Gasteiger partial charge >= 0.3 is 0 Å². The van der Waals surface area contributed by atoms with E-state index in [9.17, 15) is 4.79 Å². The average Bonchev–Trinajstić information content (AvgIpc) is 2.28. The molecule has 0 unspecified atom stereocenters. The smallest absolute Gasteiger partial charge is 0.239 e. The molecule has 0 aliphatic rings. The number of hydrogen-bond acceptors (Lipinski definition) is 2. The summed E-state index contributed by atoms with van der Waals surface area (Å²) in [4.78, 5) is 11.5. The topological polar surface area (TPSA) is 41.1 Å². The van der Waals surface area contributed by atoms with E-state index in [-0.39, 0.29) is 12.5 Å². The zero-order valence-electron chi connectivity index (χ0n) is 10.5. The lowest BCUT2D eigenvalue weighted by atomic mass is 10.2. The number of halogens is 1. The van der Waals surface area contributed by atoms with Crippen LogP contribution < -0.4 is 10.6 Å². The molecule has 94 valence electrons. The van der Waals surface area contributed by atoms with E-state index in [4.69, 9.17) is 11.6 Å². The van der Waals surface area contributed by atoms with Gasteiger partial charge in [-0.3, -0.25) is 4.79 Å². The van der Waals surface area contributed by atoms with Crippen LogP contribution in [0.15, 0.2) is 18.2 Å². The van der Waals surface area contributed by atoms with Gasteiger partial charge in [-0.2, -0.15) is 0 Å². The molecule has 0 radical (unpaired) electrons. The van der Waals surface area contributed by atoms with Crippen molar-refractivity contribution in [3.63, 3.8) is 0 Å². The van der Waals surface area contributed by atoms with Crippen molar-refractivity contribution in [2.24, 2.45) is 5.92 Å². The van der Waals surface area contributed by atoms with Crippen molar-refractivity contribution in [2.75, 3.05) is 18.4 Å². The van der Waals surface area contributed by atoms with E-state index in [2.05, 4.69) is 24.5 Å². The third-order valence-corrected chi connectivity index (χ3v) is 2.82. The molecule has 0 aliphatic carbocycles. The number of amides is 1. The maximum absolute atomic E-state index is 11.5. The van der Waals surface area contributed by atoms with E-state index >= 15 is 0 Å². The monoisotopic (exact) mass is 254 g/mol. The van der Waals surface area contributed by atoms with E-state index in [1.54, 1.807) is 0 Å². The first-order chi connectivity index (χ1) is 8.00. The van der Waals surface area contributed by atoms with Gasteiger partial charge in [0.15, 0.2) is 0 Å². The maximum atomic E-state index is 11.5. The summed E-state index contributed by atoms with van der Waals surface area (Å²) in [5.74, 6) is 0.463. The zero-order chi connectivity index (χ0) is 12.8. The van der Waals surface area contributed by atoms with Gasteiger partial charge in [-0.1, -0.05) is 31.5 Å². The Bertz CT molecular complexity index is 391. The minimum Gasteiger partial charge on any atom is -0.376 e. The van der Waals surface area contributed by atoms with E-state index < -0.39 is 0 Å². The molecule has 0 spiro atoms. The maximum Gasteiger partial charge on any atom is 0.239 e. The van der Waals surface area contributed by atoms with E-state index in [0.29, 0.717) is 17.5 Å². The Labute approximate surface area is 108 Å². The fourth-order valence-electron chi connectivity index (χ4n) is 1.35. The Morgan fingerprint density at radius 2 is 2.12 bits per heavy atom. The highest BCUT2D eigenvalue weighted by Gasteiger charge is 2.05. The van der Waals surface area contributed by atoms with Crippen LogP contribution in [0.4, 0.5) is 5.69 Å². The molecular formula is C13H19ClN2O. The van der Waals surface area contributed by atoms with Crippen LogP contribution in [0.2, 0.25) is 5.02 Å². The summed E-state index contributed by atoms with van der Waals surface area (Å²) in [5, 5.41) is 6.64. The summed E-state index contributed by atoms with van der Waals surface area (Å²) < 4.78 is 0. The number of hydrogen-bond donors (Lipinski definition) is 2. The highest BCUT2D eigenvalue weighted by Crippen LogP contribution is 2.22. The first kappa shape index (κ1) is 13.8. The number of anilines is 1. The second-order valence-corrected chi connectivity index (χ2v) is 4.87. The van der Waals surface area contributed by atoms with Crippen molar-refractivity contribution in [1.29, 1.82) is 0 Å². The molecule has 2 N–H and O–H groups in total. The number of carbonyl (C=O) groups is 1. The SMILES string of the molecule is Cc1c(Cl)cccc1NCC(=O)NCC(C)C. The van der Waals surface area contributed by atoms with Crippen LogP contribution in [0.3, 0.4) is 0 Å². The second kappa shape index (κ2) is 6.50. The lowest BCUT2D eigenvalue weighted by Crippen LogP contribution is -2.32. The van der Waals surface area contributed by atoms with Gasteiger partial charge in [0.2, 0.25) is 5.91 Å². The number of benzene rings is 1. The Kier molecular flexibility index (Phi) is 5.29. The van der Waals surface area contributed by atoms with Crippen molar-refractivity contribution in [2.45, 2.75) is 20.8 Å². The molecule has 4 heteroatoms. The quantitative estimate of drug-likeness (QED) is 0.848. The van der Waals surface area contributed by atoms with E-state index in [1.807, 2.05) is 25.1 Å². The van der Waals surface area contributed by atoms with Gasteiger partial charge in [0, 0.05) is 17.3 Å². The summed E-state index contributed by atoms with van der Waals surface area (Å²) in [5.41, 5.74) is 1.86. The Morgan fingerprint density at radius 1 is 1.41 bits per heavy atom. The van der Waals surface area contributed by atoms with E-state index in [1.165, 1.54) is 0 Å². The molecule has 0 atom stereocenters. The van der Waals surface area contributed by atoms with Gasteiger partial charge in [0.05, 0.1) is 6.54 Å². The summed E-state index contributed by atoms with van der Waals surface area (Å²) in [6.45, 7) is 7.03. The second-order valence-electron chi connectivity index (χ2n) is 4.46. The predicted molar refractivity (Wildman–Crippen MR) is 72.5 cm³/mol. The molecule has 0 aromatic heterocycles. The highest BCUT2D eigenvalue weighted by molar-refractivity contribution is 6.31. The largest absolute Gasteiger partial charge is 0.376 e. The molecule has 17 heavy (non-hydrogen) atoms. The average molecular weight is 255 g/mol. The molecule has 0 fully saturated rings. The third-order valence-electron chi connectivity index (χ3n) is 2.41. The summed E-state index contributed by atoms with van der Waals surface area (Å²) in [7, 11) is 0. The number of rotatable bonds is 5. The standard InChI is InChI=1S/C13H19ClN2O/c1-9(2)7-16-13(17)8-15-12-6-4-5-11(14)10(12)3/h4-6,9,15H,7-8H2,1-3H3,(H,16,17). The van der Waals surface area contributed by atoms with Crippen LogP contribution in [-0.2, 0) is 4.79 Å². The number of nitrogens with one attached hydrogen (secondary N) is 2. The molecule has 0 saturated heterocycles. The van der Waals surface area contributed by atoms with Gasteiger partial charge in [-0.25, -0.2) is 0 Å². The lowest BCUT2D eigenvalue weighted by Gasteiger charge is -2.11. The molecule has 1 aromatic carbocycles. The van der Waals surface area contributed by atoms with Crippen LogP contribution in [-0.4, -0.2) is 19.0 Å². The number of carbonyl (C=O) groups excluding carboxylic acids is 1. The van der Waals surface area contributed by atoms with Crippen molar-refractivity contribution < 1.29 is 4.79 Å².